The number of nitrogens with one attached hydrogen (secondary N) is 2. The molecule has 3 unspecified atom stereocenters. The second kappa shape index (κ2) is 5.04. The van der Waals surface area contributed by atoms with Crippen molar-refractivity contribution in [1.29, 1.82) is 0 Å². The van der Waals surface area contributed by atoms with Gasteiger partial charge in [-0.1, -0.05) is 23.7 Å². The Morgan fingerprint density at radius 2 is 2.00 bits per heavy atom. The zero-order valence-electron chi connectivity index (χ0n) is 9.48. The summed E-state index contributed by atoms with van der Waals surface area (Å²) in [6.45, 7) is 1.98. The zero-order chi connectivity index (χ0) is 12.4. The molecule has 17 heavy (non-hydrogen) atoms. The Balaban J connectivity index is 2.10. The van der Waals surface area contributed by atoms with Gasteiger partial charge in [-0.25, -0.2) is 5.43 Å². The van der Waals surface area contributed by atoms with Gasteiger partial charge in [0.1, 0.15) is 6.04 Å². The lowest BCUT2D eigenvalue weighted by molar-refractivity contribution is -0.140. The highest BCUT2D eigenvalue weighted by Gasteiger charge is 2.37. The largest absolute Gasteiger partial charge is 0.480 e. The maximum absolute atomic E-state index is 11.1. The smallest absolute Gasteiger partial charge is 0.322 e. The number of carboxylic acid groups (broad SMARTS) is 1. The summed E-state index contributed by atoms with van der Waals surface area (Å²) in [6, 6.07) is 7.12. The van der Waals surface area contributed by atoms with Crippen molar-refractivity contribution in [2.45, 2.75) is 25.4 Å². The number of hydrogen-bond donors (Lipinski definition) is 3. The lowest BCUT2D eigenvalue weighted by atomic mass is 9.89. The molecule has 1 aliphatic heterocycles. The van der Waals surface area contributed by atoms with Crippen LogP contribution in [0.2, 0.25) is 5.02 Å². The van der Waals surface area contributed by atoms with Crippen molar-refractivity contribution < 1.29 is 9.90 Å². The quantitative estimate of drug-likeness (QED) is 0.764. The van der Waals surface area contributed by atoms with Crippen molar-refractivity contribution >= 4 is 17.6 Å². The fraction of sp³-hybridized carbons (Fsp3) is 0.417. The molecule has 1 fully saturated rings. The van der Waals surface area contributed by atoms with E-state index >= 15 is 0 Å². The van der Waals surface area contributed by atoms with E-state index in [1.165, 1.54) is 0 Å². The molecule has 0 spiro atoms. The molecule has 0 aliphatic carbocycles. The Hall–Kier alpha value is -1.10. The summed E-state index contributed by atoms with van der Waals surface area (Å²) in [5.74, 6) is -0.783. The molecule has 0 radical (unpaired) electrons. The molecule has 3 N–H and O–H groups in total. The minimum absolute atomic E-state index is 0.0358. The van der Waals surface area contributed by atoms with E-state index in [1.54, 1.807) is 0 Å². The molecule has 1 saturated heterocycles. The first-order valence-electron chi connectivity index (χ1n) is 5.56. The van der Waals surface area contributed by atoms with E-state index in [-0.39, 0.29) is 12.0 Å². The molecule has 1 heterocycles. The van der Waals surface area contributed by atoms with Crippen molar-refractivity contribution in [3.8, 4) is 0 Å². The summed E-state index contributed by atoms with van der Waals surface area (Å²) in [5, 5.41) is 9.79. The normalized spacial score (nSPS) is 28.2. The molecule has 0 saturated carbocycles. The van der Waals surface area contributed by atoms with E-state index in [4.69, 9.17) is 16.7 Å². The molecule has 0 amide bonds. The van der Waals surface area contributed by atoms with Crippen molar-refractivity contribution in [3.05, 3.63) is 34.9 Å². The van der Waals surface area contributed by atoms with Crippen molar-refractivity contribution in [1.82, 2.24) is 10.9 Å². The molecule has 0 aromatic heterocycles. The minimum atomic E-state index is -0.819. The molecule has 2 rings (SSSR count). The topological polar surface area (TPSA) is 61.4 Å². The zero-order valence-corrected chi connectivity index (χ0v) is 10.2. The third kappa shape index (κ3) is 2.77. The van der Waals surface area contributed by atoms with Crippen LogP contribution in [-0.2, 0) is 11.2 Å². The van der Waals surface area contributed by atoms with Gasteiger partial charge in [0.2, 0.25) is 0 Å². The fourth-order valence-corrected chi connectivity index (χ4v) is 2.28. The Labute approximate surface area is 105 Å². The van der Waals surface area contributed by atoms with Crippen LogP contribution in [0.15, 0.2) is 24.3 Å². The molecular weight excluding hydrogens is 240 g/mol. The molecule has 1 aromatic carbocycles. The van der Waals surface area contributed by atoms with Crippen molar-refractivity contribution in [2.24, 2.45) is 5.92 Å². The van der Waals surface area contributed by atoms with Gasteiger partial charge in [0.25, 0.3) is 0 Å². The van der Waals surface area contributed by atoms with E-state index in [0.717, 1.165) is 12.0 Å². The summed E-state index contributed by atoms with van der Waals surface area (Å²) in [7, 11) is 0. The van der Waals surface area contributed by atoms with Crippen LogP contribution in [-0.4, -0.2) is 23.2 Å². The summed E-state index contributed by atoms with van der Waals surface area (Å²) in [4.78, 5) is 11.1. The molecule has 1 aliphatic rings. The molecule has 92 valence electrons. The number of hydrogen-bond acceptors (Lipinski definition) is 3. The summed E-state index contributed by atoms with van der Waals surface area (Å²) < 4.78 is 0. The van der Waals surface area contributed by atoms with Crippen molar-refractivity contribution in [3.63, 3.8) is 0 Å². The minimum Gasteiger partial charge on any atom is -0.480 e. The summed E-state index contributed by atoms with van der Waals surface area (Å²) >= 11 is 5.82. The second-order valence-corrected chi connectivity index (χ2v) is 4.82. The number of carbonyl (C=O) groups is 1. The Kier molecular flexibility index (Phi) is 3.66. The highest BCUT2D eigenvalue weighted by atomic mass is 35.5. The third-order valence-electron chi connectivity index (χ3n) is 3.19. The lowest BCUT2D eigenvalue weighted by Gasteiger charge is -2.17. The molecule has 4 nitrogen and oxygen atoms in total. The fourth-order valence-electron chi connectivity index (χ4n) is 2.16. The third-order valence-corrected chi connectivity index (χ3v) is 3.44. The summed E-state index contributed by atoms with van der Waals surface area (Å²) in [5.41, 5.74) is 6.89. The molecule has 3 atom stereocenters. The van der Waals surface area contributed by atoms with Crippen LogP contribution in [0.3, 0.4) is 0 Å². The number of hydrazine groups is 1. The second-order valence-electron chi connectivity index (χ2n) is 4.39. The number of halogens is 1. The van der Waals surface area contributed by atoms with Crippen molar-refractivity contribution in [2.75, 3.05) is 0 Å². The maximum Gasteiger partial charge on any atom is 0.322 e. The maximum atomic E-state index is 11.1. The van der Waals surface area contributed by atoms with E-state index in [0.29, 0.717) is 5.02 Å². The van der Waals surface area contributed by atoms with E-state index < -0.39 is 12.0 Å². The molecular formula is C12H15ClN2O2. The first-order chi connectivity index (χ1) is 8.08. The Bertz CT molecular complexity index is 407. The first-order valence-corrected chi connectivity index (χ1v) is 5.94. The Morgan fingerprint density at radius 3 is 2.59 bits per heavy atom. The standard InChI is InChI=1S/C12H15ClN2O2/c1-7-10(11(12(16)17)15-14-7)6-8-2-4-9(13)5-3-8/h2-5,7,10-11,14-15H,6H2,1H3,(H,16,17). The number of aliphatic carboxylic acids is 1. The predicted octanol–water partition coefficient (Wildman–Crippen LogP) is 1.45. The van der Waals surface area contributed by atoms with Gasteiger partial charge >= 0.3 is 5.97 Å². The summed E-state index contributed by atoms with van der Waals surface area (Å²) in [6.07, 6.45) is 0.718. The van der Waals surface area contributed by atoms with Gasteiger partial charge in [0.05, 0.1) is 0 Å². The number of carboxylic acids is 1. The van der Waals surface area contributed by atoms with Crippen LogP contribution in [0.25, 0.3) is 0 Å². The van der Waals surface area contributed by atoms with Gasteiger partial charge < -0.3 is 5.11 Å². The average molecular weight is 255 g/mol. The molecule has 5 heteroatoms. The Morgan fingerprint density at radius 1 is 1.35 bits per heavy atom. The number of rotatable bonds is 3. The van der Waals surface area contributed by atoms with Gasteiger partial charge in [-0.05, 0) is 31.0 Å². The van der Waals surface area contributed by atoms with Gasteiger partial charge in [0, 0.05) is 17.0 Å². The van der Waals surface area contributed by atoms with Gasteiger partial charge in [-0.15, -0.1) is 0 Å². The molecule has 1 aromatic rings. The highest BCUT2D eigenvalue weighted by Crippen LogP contribution is 2.21. The SMILES string of the molecule is CC1NNC(C(=O)O)C1Cc1ccc(Cl)cc1. The number of benzene rings is 1. The van der Waals surface area contributed by atoms with E-state index in [1.807, 2.05) is 31.2 Å². The van der Waals surface area contributed by atoms with Crippen LogP contribution in [0, 0.1) is 5.92 Å². The molecule has 0 bridgehead atoms. The first kappa shape index (κ1) is 12.4. The van der Waals surface area contributed by atoms with Crippen LogP contribution >= 0.6 is 11.6 Å². The average Bonchev–Trinajstić information content (AvgIpc) is 2.64. The van der Waals surface area contributed by atoms with Gasteiger partial charge in [0.15, 0.2) is 0 Å². The predicted molar refractivity (Wildman–Crippen MR) is 65.8 cm³/mol. The van der Waals surface area contributed by atoms with Gasteiger partial charge in [-0.2, -0.15) is 0 Å². The van der Waals surface area contributed by atoms with Crippen LogP contribution in [0.1, 0.15) is 12.5 Å². The van der Waals surface area contributed by atoms with Crippen LogP contribution in [0.5, 0.6) is 0 Å². The van der Waals surface area contributed by atoms with Gasteiger partial charge in [-0.3, -0.25) is 10.2 Å². The highest BCUT2D eigenvalue weighted by molar-refractivity contribution is 6.30. The van der Waals surface area contributed by atoms with Crippen LogP contribution in [0.4, 0.5) is 0 Å². The lowest BCUT2D eigenvalue weighted by Crippen LogP contribution is -2.39. The monoisotopic (exact) mass is 254 g/mol. The van der Waals surface area contributed by atoms with E-state index in [2.05, 4.69) is 10.9 Å². The van der Waals surface area contributed by atoms with Crippen LogP contribution < -0.4 is 10.9 Å². The van der Waals surface area contributed by atoms with E-state index in [9.17, 15) is 4.79 Å².